The minimum atomic E-state index is -0.396. The molecule has 106 valence electrons. The predicted molar refractivity (Wildman–Crippen MR) is 72.1 cm³/mol. The first-order valence-corrected chi connectivity index (χ1v) is 5.36. The zero-order chi connectivity index (χ0) is 14.0. The molecule has 0 spiro atoms. The highest BCUT2D eigenvalue weighted by atomic mass is 16.6. The quantitative estimate of drug-likeness (QED) is 0.525. The van der Waals surface area contributed by atoms with Crippen molar-refractivity contribution >= 4 is 12.4 Å². The molecule has 0 amide bonds. The lowest BCUT2D eigenvalue weighted by Gasteiger charge is -2.25. The van der Waals surface area contributed by atoms with Gasteiger partial charge < -0.3 is 9.84 Å². The molecule has 0 aliphatic rings. The van der Waals surface area contributed by atoms with E-state index < -0.39 is 5.41 Å². The van der Waals surface area contributed by atoms with Crippen molar-refractivity contribution in [1.29, 1.82) is 0 Å². The van der Waals surface area contributed by atoms with E-state index >= 15 is 0 Å². The highest BCUT2D eigenvalue weighted by Crippen LogP contribution is 2.19. The van der Waals surface area contributed by atoms with Gasteiger partial charge >= 0.3 is 5.97 Å². The van der Waals surface area contributed by atoms with Gasteiger partial charge in [0, 0.05) is 0 Å². The van der Waals surface area contributed by atoms with Gasteiger partial charge in [-0.3, -0.25) is 9.59 Å². The van der Waals surface area contributed by atoms with Crippen molar-refractivity contribution in [3.05, 3.63) is 0 Å². The Labute approximate surface area is 106 Å². The molecule has 0 saturated heterocycles. The number of hydrogen-bond donors (Lipinski definition) is 1. The van der Waals surface area contributed by atoms with Crippen LogP contribution in [0.2, 0.25) is 0 Å². The van der Waals surface area contributed by atoms with Gasteiger partial charge in [-0.15, -0.1) is 0 Å². The number of carbonyl (C=O) groups is 2. The van der Waals surface area contributed by atoms with Crippen LogP contribution in [0.15, 0.2) is 0 Å². The summed E-state index contributed by atoms with van der Waals surface area (Å²) in [5, 5.41) is 6.89. The smallest absolute Gasteiger partial charge is 0.311 e. The summed E-state index contributed by atoms with van der Waals surface area (Å²) >= 11 is 0. The third-order valence-corrected chi connectivity index (χ3v) is 1.01. The monoisotopic (exact) mass is 250 g/mol. The van der Waals surface area contributed by atoms with Gasteiger partial charge in [-0.05, 0) is 41.5 Å². The van der Waals surface area contributed by atoms with E-state index in [9.17, 15) is 4.79 Å². The fourth-order valence-corrected chi connectivity index (χ4v) is 0.431. The van der Waals surface area contributed by atoms with E-state index in [1.54, 1.807) is 0 Å². The SMILES string of the molecule is C.CC.CC(C)(C)OC(=O)C(C)(C)C.O=CO. The molecule has 0 saturated carbocycles. The highest BCUT2D eigenvalue weighted by molar-refractivity contribution is 5.75. The number of carboxylic acid groups (broad SMARTS) is 1. The van der Waals surface area contributed by atoms with E-state index in [4.69, 9.17) is 14.6 Å². The summed E-state index contributed by atoms with van der Waals surface area (Å²) < 4.78 is 5.16. The Balaban J connectivity index is -0.000000122. The molecule has 0 aliphatic heterocycles. The standard InChI is InChI=1S/C9H18O2.C2H6.CH2O2.CH4/c1-8(2,3)7(10)11-9(4,5)6;1-2;2-1-3;/h1-6H3;1-2H3;1H,(H,2,3);1H4. The summed E-state index contributed by atoms with van der Waals surface area (Å²) in [5.41, 5.74) is -0.766. The third kappa shape index (κ3) is 25.3. The maximum Gasteiger partial charge on any atom is 0.311 e. The Kier molecular flexibility index (Phi) is 16.8. The van der Waals surface area contributed by atoms with E-state index in [-0.39, 0.29) is 25.5 Å². The summed E-state index contributed by atoms with van der Waals surface area (Å²) in [6.45, 7) is 14.9. The molecule has 0 atom stereocenters. The zero-order valence-corrected chi connectivity index (χ0v) is 11.7. The van der Waals surface area contributed by atoms with Gasteiger partial charge in [0.25, 0.3) is 6.47 Å². The van der Waals surface area contributed by atoms with Crippen molar-refractivity contribution in [1.82, 2.24) is 0 Å². The van der Waals surface area contributed by atoms with Gasteiger partial charge in [0.1, 0.15) is 5.60 Å². The van der Waals surface area contributed by atoms with Crippen LogP contribution in [0.25, 0.3) is 0 Å². The molecular weight excluding hydrogens is 220 g/mol. The van der Waals surface area contributed by atoms with Crippen LogP contribution >= 0.6 is 0 Å². The molecular formula is C13H30O4. The van der Waals surface area contributed by atoms with Crippen LogP contribution in [-0.4, -0.2) is 23.1 Å². The molecule has 4 nitrogen and oxygen atoms in total. The second-order valence-corrected chi connectivity index (χ2v) is 4.86. The van der Waals surface area contributed by atoms with Crippen LogP contribution in [0.4, 0.5) is 0 Å². The first-order chi connectivity index (χ1) is 7.04. The molecule has 0 fully saturated rings. The van der Waals surface area contributed by atoms with E-state index in [1.807, 2.05) is 55.4 Å². The summed E-state index contributed by atoms with van der Waals surface area (Å²) in [6.07, 6.45) is 0. The topological polar surface area (TPSA) is 63.6 Å². The second-order valence-electron chi connectivity index (χ2n) is 4.86. The highest BCUT2D eigenvalue weighted by Gasteiger charge is 2.27. The lowest BCUT2D eigenvalue weighted by molar-refractivity contribution is -0.164. The molecule has 0 aromatic heterocycles. The van der Waals surface area contributed by atoms with Crippen molar-refractivity contribution in [3.8, 4) is 0 Å². The van der Waals surface area contributed by atoms with Crippen molar-refractivity contribution < 1.29 is 19.4 Å². The molecule has 4 heteroatoms. The van der Waals surface area contributed by atoms with Gasteiger partial charge in [-0.1, -0.05) is 21.3 Å². The lowest BCUT2D eigenvalue weighted by atomic mass is 9.97. The first kappa shape index (κ1) is 25.0. The second kappa shape index (κ2) is 11.4. The van der Waals surface area contributed by atoms with Crippen LogP contribution in [0, 0.1) is 5.41 Å². The molecule has 0 unspecified atom stereocenters. The molecule has 0 aromatic rings. The van der Waals surface area contributed by atoms with Gasteiger partial charge in [-0.25, -0.2) is 0 Å². The average molecular weight is 250 g/mol. The molecule has 0 aromatic carbocycles. The van der Waals surface area contributed by atoms with E-state index in [1.165, 1.54) is 0 Å². The van der Waals surface area contributed by atoms with Crippen molar-refractivity contribution in [2.75, 3.05) is 0 Å². The molecule has 0 aliphatic carbocycles. The van der Waals surface area contributed by atoms with Crippen LogP contribution in [0.5, 0.6) is 0 Å². The number of rotatable bonds is 0. The van der Waals surface area contributed by atoms with Gasteiger partial charge in [0.05, 0.1) is 5.41 Å². The van der Waals surface area contributed by atoms with Crippen molar-refractivity contribution in [3.63, 3.8) is 0 Å². The fraction of sp³-hybridized carbons (Fsp3) is 0.846. The van der Waals surface area contributed by atoms with Gasteiger partial charge in [-0.2, -0.15) is 0 Å². The minimum Gasteiger partial charge on any atom is -0.483 e. The van der Waals surface area contributed by atoms with Crippen LogP contribution < -0.4 is 0 Å². The number of esters is 1. The predicted octanol–water partition coefficient (Wildman–Crippen LogP) is 3.74. The van der Waals surface area contributed by atoms with E-state index in [0.29, 0.717) is 0 Å². The van der Waals surface area contributed by atoms with Crippen molar-refractivity contribution in [2.45, 2.75) is 68.4 Å². The number of hydrogen-bond acceptors (Lipinski definition) is 3. The Morgan fingerprint density at radius 3 is 1.35 bits per heavy atom. The van der Waals surface area contributed by atoms with Crippen LogP contribution in [0.1, 0.15) is 62.8 Å². The largest absolute Gasteiger partial charge is 0.483 e. The zero-order valence-electron chi connectivity index (χ0n) is 11.7. The lowest BCUT2D eigenvalue weighted by Crippen LogP contribution is -2.31. The Hall–Kier alpha value is -1.06. The molecule has 17 heavy (non-hydrogen) atoms. The molecule has 1 N–H and O–H groups in total. The Bertz CT molecular complexity index is 185. The summed E-state index contributed by atoms with van der Waals surface area (Å²) in [7, 11) is 0. The summed E-state index contributed by atoms with van der Waals surface area (Å²) in [6, 6.07) is 0. The van der Waals surface area contributed by atoms with Gasteiger partial charge in [0.2, 0.25) is 0 Å². The molecule has 0 bridgehead atoms. The van der Waals surface area contributed by atoms with Crippen LogP contribution in [0.3, 0.4) is 0 Å². The first-order valence-electron chi connectivity index (χ1n) is 5.36. The fourth-order valence-electron chi connectivity index (χ4n) is 0.431. The summed E-state index contributed by atoms with van der Waals surface area (Å²) in [4.78, 5) is 19.6. The van der Waals surface area contributed by atoms with E-state index in [0.717, 1.165) is 0 Å². The van der Waals surface area contributed by atoms with Crippen molar-refractivity contribution in [2.24, 2.45) is 5.41 Å². The number of ether oxygens (including phenoxy) is 1. The maximum absolute atomic E-state index is 11.3. The van der Waals surface area contributed by atoms with Crippen LogP contribution in [-0.2, 0) is 14.3 Å². The third-order valence-electron chi connectivity index (χ3n) is 1.01. The Morgan fingerprint density at radius 2 is 1.29 bits per heavy atom. The molecule has 0 heterocycles. The normalized spacial score (nSPS) is 9.41. The average Bonchev–Trinajstić information content (AvgIpc) is 2.04. The minimum absolute atomic E-state index is 0. The maximum atomic E-state index is 11.3. The summed E-state index contributed by atoms with van der Waals surface area (Å²) in [5.74, 6) is -0.148. The number of carbonyl (C=O) groups excluding carboxylic acids is 1. The molecule has 0 rings (SSSR count). The van der Waals surface area contributed by atoms with E-state index in [2.05, 4.69) is 0 Å². The molecule has 0 radical (unpaired) electrons. The van der Waals surface area contributed by atoms with Gasteiger partial charge in [0.15, 0.2) is 0 Å². The Morgan fingerprint density at radius 1 is 1.06 bits per heavy atom.